The number of urea groups is 1. The van der Waals surface area contributed by atoms with Crippen LogP contribution >= 0.6 is 0 Å². The fourth-order valence-corrected chi connectivity index (χ4v) is 3.81. The van der Waals surface area contributed by atoms with Gasteiger partial charge in [0.1, 0.15) is 5.75 Å². The van der Waals surface area contributed by atoms with Crippen LogP contribution in [0, 0.1) is 6.92 Å². The first kappa shape index (κ1) is 21.4. The molecule has 4 rings (SSSR count). The number of hydrogen-bond donors (Lipinski definition) is 1. The highest BCUT2D eigenvalue weighted by molar-refractivity contribution is 5.95. The molecule has 1 saturated heterocycles. The van der Waals surface area contributed by atoms with Gasteiger partial charge in [-0.05, 0) is 49.2 Å². The molecule has 3 aromatic carbocycles. The van der Waals surface area contributed by atoms with E-state index in [-0.39, 0.29) is 18.5 Å². The van der Waals surface area contributed by atoms with Gasteiger partial charge in [0.15, 0.2) is 6.61 Å². The number of amides is 3. The number of rotatable bonds is 7. The van der Waals surface area contributed by atoms with Crippen LogP contribution in [0.1, 0.15) is 17.5 Å². The number of aryl methyl sites for hydroxylation is 1. The summed E-state index contributed by atoms with van der Waals surface area (Å²) < 4.78 is 5.50. The second-order valence-electron chi connectivity index (χ2n) is 7.90. The Hall–Kier alpha value is -3.80. The Morgan fingerprint density at radius 2 is 1.78 bits per heavy atom. The van der Waals surface area contributed by atoms with Crippen LogP contribution in [0.2, 0.25) is 0 Å². The van der Waals surface area contributed by atoms with E-state index in [0.29, 0.717) is 24.5 Å². The lowest BCUT2D eigenvalue weighted by Crippen LogP contribution is -2.49. The molecule has 1 aliphatic heterocycles. The summed E-state index contributed by atoms with van der Waals surface area (Å²) in [4.78, 5) is 29.1. The third-order valence-electron chi connectivity index (χ3n) is 5.32. The van der Waals surface area contributed by atoms with Gasteiger partial charge in [-0.3, -0.25) is 9.69 Å². The smallest absolute Gasteiger partial charge is 0.324 e. The van der Waals surface area contributed by atoms with Gasteiger partial charge in [0.25, 0.3) is 5.91 Å². The van der Waals surface area contributed by atoms with Crippen molar-refractivity contribution in [3.05, 3.63) is 90.0 Å². The summed E-state index contributed by atoms with van der Waals surface area (Å²) in [5.41, 5.74) is 3.71. The molecule has 0 radical (unpaired) electrons. The molecule has 0 spiro atoms. The van der Waals surface area contributed by atoms with Gasteiger partial charge in [-0.25, -0.2) is 4.79 Å². The average Bonchev–Trinajstić information content (AvgIpc) is 2.80. The molecule has 32 heavy (non-hydrogen) atoms. The van der Waals surface area contributed by atoms with Crippen LogP contribution < -0.4 is 15.0 Å². The first-order chi connectivity index (χ1) is 15.6. The Bertz CT molecular complexity index is 1080. The Morgan fingerprint density at radius 3 is 2.59 bits per heavy atom. The van der Waals surface area contributed by atoms with Gasteiger partial charge in [0, 0.05) is 31.0 Å². The maximum atomic E-state index is 13.2. The predicted octanol–water partition coefficient (Wildman–Crippen LogP) is 4.84. The van der Waals surface area contributed by atoms with Crippen molar-refractivity contribution in [2.45, 2.75) is 19.9 Å². The number of hydrogen-bond acceptors (Lipinski definition) is 3. The van der Waals surface area contributed by atoms with E-state index in [1.165, 1.54) is 5.56 Å². The lowest BCUT2D eigenvalue weighted by atomic mass is 10.1. The molecule has 0 aromatic heterocycles. The minimum Gasteiger partial charge on any atom is -0.484 e. The van der Waals surface area contributed by atoms with E-state index < -0.39 is 0 Å². The Kier molecular flexibility index (Phi) is 6.70. The van der Waals surface area contributed by atoms with E-state index in [2.05, 4.69) is 24.4 Å². The van der Waals surface area contributed by atoms with Gasteiger partial charge in [0.2, 0.25) is 0 Å². The highest BCUT2D eigenvalue weighted by Gasteiger charge is 2.27. The van der Waals surface area contributed by atoms with Gasteiger partial charge in [-0.15, -0.1) is 0 Å². The molecule has 1 heterocycles. The first-order valence-corrected chi connectivity index (χ1v) is 10.8. The Labute approximate surface area is 188 Å². The summed E-state index contributed by atoms with van der Waals surface area (Å²) in [6.45, 7) is 3.94. The van der Waals surface area contributed by atoms with Crippen molar-refractivity contribution in [1.82, 2.24) is 4.90 Å². The molecule has 1 aliphatic rings. The summed E-state index contributed by atoms with van der Waals surface area (Å²) >= 11 is 0. The molecule has 1 fully saturated rings. The summed E-state index contributed by atoms with van der Waals surface area (Å²) in [5, 5.41) is 2.85. The van der Waals surface area contributed by atoms with Crippen molar-refractivity contribution >= 4 is 23.3 Å². The molecule has 0 bridgehead atoms. The monoisotopic (exact) mass is 429 g/mol. The van der Waals surface area contributed by atoms with Crippen molar-refractivity contribution in [3.8, 4) is 5.75 Å². The lowest BCUT2D eigenvalue weighted by molar-refractivity contribution is -0.118. The molecule has 3 amide bonds. The number of para-hydroxylation sites is 1. The van der Waals surface area contributed by atoms with Crippen molar-refractivity contribution in [2.24, 2.45) is 0 Å². The summed E-state index contributed by atoms with van der Waals surface area (Å²) in [6, 6.07) is 24.8. The van der Waals surface area contributed by atoms with Gasteiger partial charge in [-0.1, -0.05) is 54.1 Å². The summed E-state index contributed by atoms with van der Waals surface area (Å²) in [7, 11) is 0. The largest absolute Gasteiger partial charge is 0.484 e. The lowest BCUT2D eigenvalue weighted by Gasteiger charge is -2.36. The zero-order valence-corrected chi connectivity index (χ0v) is 18.2. The molecular formula is C26H27N3O3. The zero-order valence-electron chi connectivity index (χ0n) is 18.2. The third-order valence-corrected chi connectivity index (χ3v) is 5.32. The maximum absolute atomic E-state index is 13.2. The highest BCUT2D eigenvalue weighted by atomic mass is 16.5. The van der Waals surface area contributed by atoms with Crippen molar-refractivity contribution < 1.29 is 14.3 Å². The van der Waals surface area contributed by atoms with Gasteiger partial charge in [-0.2, -0.15) is 0 Å². The van der Waals surface area contributed by atoms with Crippen LogP contribution in [0.3, 0.4) is 0 Å². The molecule has 0 unspecified atom stereocenters. The second-order valence-corrected chi connectivity index (χ2v) is 7.90. The maximum Gasteiger partial charge on any atom is 0.324 e. The number of nitrogens with zero attached hydrogens (tertiary/aromatic N) is 2. The van der Waals surface area contributed by atoms with Crippen molar-refractivity contribution in [1.29, 1.82) is 0 Å². The molecule has 164 valence electrons. The highest BCUT2D eigenvalue weighted by Crippen LogP contribution is 2.24. The molecule has 0 saturated carbocycles. The van der Waals surface area contributed by atoms with E-state index in [1.54, 1.807) is 17.0 Å². The summed E-state index contributed by atoms with van der Waals surface area (Å²) in [5.74, 6) is 0.390. The standard InChI is InChI=1S/C26H27N3O3/c1-20-8-5-9-21(16-20)18-28-14-7-15-29(26(28)31)23-11-6-10-22(17-23)27-25(30)19-32-24-12-3-2-4-13-24/h2-6,8-13,16-17H,7,14-15,18-19H2,1H3,(H,27,30). The van der Waals surface area contributed by atoms with Crippen molar-refractivity contribution in [3.63, 3.8) is 0 Å². The molecule has 0 atom stereocenters. The van der Waals surface area contributed by atoms with Gasteiger partial charge >= 0.3 is 6.03 Å². The van der Waals surface area contributed by atoms with E-state index >= 15 is 0 Å². The molecular weight excluding hydrogens is 402 g/mol. The molecule has 0 aliphatic carbocycles. The van der Waals surface area contributed by atoms with E-state index in [0.717, 1.165) is 24.2 Å². The second kappa shape index (κ2) is 10.0. The van der Waals surface area contributed by atoms with E-state index in [1.807, 2.05) is 59.5 Å². The number of ether oxygens (including phenoxy) is 1. The number of nitrogens with one attached hydrogen (secondary N) is 1. The fraction of sp³-hybridized carbons (Fsp3) is 0.231. The van der Waals surface area contributed by atoms with E-state index in [9.17, 15) is 9.59 Å². The van der Waals surface area contributed by atoms with Crippen LogP contribution in [-0.2, 0) is 11.3 Å². The normalized spacial score (nSPS) is 13.7. The number of benzene rings is 3. The fourth-order valence-electron chi connectivity index (χ4n) is 3.81. The van der Waals surface area contributed by atoms with Gasteiger partial charge in [0.05, 0.1) is 0 Å². The third kappa shape index (κ3) is 5.46. The number of carbonyl (C=O) groups is 2. The Morgan fingerprint density at radius 1 is 0.969 bits per heavy atom. The van der Waals surface area contributed by atoms with Crippen molar-refractivity contribution in [2.75, 3.05) is 29.9 Å². The number of carbonyl (C=O) groups excluding carboxylic acids is 2. The zero-order chi connectivity index (χ0) is 22.3. The molecule has 1 N–H and O–H groups in total. The molecule has 6 nitrogen and oxygen atoms in total. The van der Waals surface area contributed by atoms with Crippen LogP contribution in [0.4, 0.5) is 16.2 Å². The minimum atomic E-state index is -0.253. The summed E-state index contributed by atoms with van der Waals surface area (Å²) in [6.07, 6.45) is 0.888. The van der Waals surface area contributed by atoms with E-state index in [4.69, 9.17) is 4.74 Å². The quantitative estimate of drug-likeness (QED) is 0.584. The molecule has 3 aromatic rings. The topological polar surface area (TPSA) is 61.9 Å². The minimum absolute atomic E-state index is 0.0198. The van der Waals surface area contributed by atoms with Crippen LogP contribution in [0.15, 0.2) is 78.9 Å². The SMILES string of the molecule is Cc1cccc(CN2CCCN(c3cccc(NC(=O)COc4ccccc4)c3)C2=O)c1. The number of anilines is 2. The van der Waals surface area contributed by atoms with Crippen LogP contribution in [0.25, 0.3) is 0 Å². The van der Waals surface area contributed by atoms with Crippen LogP contribution in [-0.4, -0.2) is 36.5 Å². The predicted molar refractivity (Wildman–Crippen MR) is 126 cm³/mol. The molecule has 6 heteroatoms. The average molecular weight is 430 g/mol. The first-order valence-electron chi connectivity index (χ1n) is 10.8. The van der Waals surface area contributed by atoms with Gasteiger partial charge < -0.3 is 15.0 Å². The Balaban J connectivity index is 1.39. The van der Waals surface area contributed by atoms with Crippen LogP contribution in [0.5, 0.6) is 5.75 Å².